The second-order valence-corrected chi connectivity index (χ2v) is 9.28. The van der Waals surface area contributed by atoms with Crippen molar-refractivity contribution in [1.82, 2.24) is 10.2 Å². The van der Waals surface area contributed by atoms with Gasteiger partial charge in [-0.1, -0.05) is 50.2 Å². The summed E-state index contributed by atoms with van der Waals surface area (Å²) >= 11 is 0. The molecule has 2 amide bonds. The van der Waals surface area contributed by atoms with Crippen LogP contribution in [0.3, 0.4) is 0 Å². The third kappa shape index (κ3) is 5.87. The second-order valence-electron chi connectivity index (χ2n) is 9.28. The number of hydrogen-bond donors (Lipinski definition) is 1. The van der Waals surface area contributed by atoms with Crippen LogP contribution in [0.2, 0.25) is 0 Å². The van der Waals surface area contributed by atoms with E-state index in [0.717, 1.165) is 23.2 Å². The van der Waals surface area contributed by atoms with Gasteiger partial charge >= 0.3 is 0 Å². The van der Waals surface area contributed by atoms with Crippen molar-refractivity contribution in [2.45, 2.75) is 58.7 Å². The predicted octanol–water partition coefficient (Wildman–Crippen LogP) is 3.80. The number of hydrogen-bond acceptors (Lipinski definition) is 3. The van der Waals surface area contributed by atoms with Gasteiger partial charge in [0.15, 0.2) is 0 Å². The normalized spacial score (nSPS) is 16.6. The lowest BCUT2D eigenvalue weighted by Gasteiger charge is -2.37. The van der Waals surface area contributed by atoms with Crippen LogP contribution in [0.25, 0.3) is 0 Å². The summed E-state index contributed by atoms with van der Waals surface area (Å²) in [7, 11) is 4.04. The van der Waals surface area contributed by atoms with Gasteiger partial charge in [0.25, 0.3) is 0 Å². The molecule has 3 rings (SSSR count). The Morgan fingerprint density at radius 3 is 2.29 bits per heavy atom. The fourth-order valence-electron chi connectivity index (χ4n) is 4.16. The molecule has 0 aromatic heterocycles. The molecule has 1 heterocycles. The molecule has 1 aliphatic heterocycles. The molecule has 5 heteroatoms. The van der Waals surface area contributed by atoms with Crippen LogP contribution in [0.4, 0.5) is 5.69 Å². The van der Waals surface area contributed by atoms with Gasteiger partial charge in [0.2, 0.25) is 11.8 Å². The Kier molecular flexibility index (Phi) is 7.37. The number of rotatable bonds is 7. The Labute approximate surface area is 186 Å². The van der Waals surface area contributed by atoms with Crippen LogP contribution in [0.15, 0.2) is 48.5 Å². The summed E-state index contributed by atoms with van der Waals surface area (Å²) in [6, 6.07) is 16.0. The highest BCUT2D eigenvalue weighted by molar-refractivity contribution is 5.88. The summed E-state index contributed by atoms with van der Waals surface area (Å²) < 4.78 is 0. The van der Waals surface area contributed by atoms with Crippen molar-refractivity contribution < 1.29 is 9.59 Å². The van der Waals surface area contributed by atoms with Gasteiger partial charge in [0.05, 0.1) is 0 Å². The van der Waals surface area contributed by atoms with Crippen molar-refractivity contribution in [2.24, 2.45) is 5.92 Å². The molecule has 31 heavy (non-hydrogen) atoms. The average molecular weight is 422 g/mol. The molecular weight excluding hydrogens is 386 g/mol. The van der Waals surface area contributed by atoms with Crippen molar-refractivity contribution in [3.8, 4) is 0 Å². The summed E-state index contributed by atoms with van der Waals surface area (Å²) in [6.07, 6.45) is 1.78. The van der Waals surface area contributed by atoms with Crippen LogP contribution >= 0.6 is 0 Å². The third-order valence-corrected chi connectivity index (χ3v) is 5.84. The highest BCUT2D eigenvalue weighted by atomic mass is 16.2. The number of nitrogens with zero attached hydrogens (tertiary/aromatic N) is 2. The summed E-state index contributed by atoms with van der Waals surface area (Å²) in [6.45, 7) is 6.60. The molecule has 2 aromatic carbocycles. The summed E-state index contributed by atoms with van der Waals surface area (Å²) in [5.41, 5.74) is 4.63. The molecule has 0 saturated carbocycles. The minimum atomic E-state index is -0.459. The van der Waals surface area contributed by atoms with Gasteiger partial charge in [-0.05, 0) is 48.1 Å². The molecular formula is C26H35N3O2. The molecule has 0 saturated heterocycles. The maximum atomic E-state index is 13.2. The predicted molar refractivity (Wildman–Crippen MR) is 126 cm³/mol. The number of carbonyl (C=O) groups excluding carboxylic acids is 2. The monoisotopic (exact) mass is 421 g/mol. The zero-order valence-corrected chi connectivity index (χ0v) is 19.4. The van der Waals surface area contributed by atoms with Crippen molar-refractivity contribution in [1.29, 1.82) is 0 Å². The van der Waals surface area contributed by atoms with Crippen LogP contribution < -0.4 is 10.2 Å². The minimum Gasteiger partial charge on any atom is -0.378 e. The number of fused-ring (bicyclic) bond motifs is 1. The van der Waals surface area contributed by atoms with E-state index < -0.39 is 6.04 Å². The van der Waals surface area contributed by atoms with E-state index in [1.165, 1.54) is 5.56 Å². The van der Waals surface area contributed by atoms with Crippen molar-refractivity contribution in [3.63, 3.8) is 0 Å². The van der Waals surface area contributed by atoms with E-state index in [1.807, 2.05) is 47.0 Å². The number of amides is 2. The maximum Gasteiger partial charge on any atom is 0.243 e. The van der Waals surface area contributed by atoms with Gasteiger partial charge in [-0.25, -0.2) is 0 Å². The molecule has 0 aliphatic carbocycles. The maximum absolute atomic E-state index is 13.2. The Hall–Kier alpha value is -2.82. The van der Waals surface area contributed by atoms with Crippen LogP contribution in [0, 0.1) is 5.92 Å². The standard InChI is InChI=1S/C26H35N3O2/c1-18(2)14-25(30)29-17-22-9-7-6-8-21(22)16-24(29)26(31)27-19(3)15-20-10-12-23(13-11-20)28(4)5/h6-13,18-19,24H,14-17H2,1-5H3,(H,27,31). The second kappa shape index (κ2) is 9.99. The van der Waals surface area contributed by atoms with Gasteiger partial charge in [-0.2, -0.15) is 0 Å². The zero-order chi connectivity index (χ0) is 22.5. The van der Waals surface area contributed by atoms with Gasteiger partial charge < -0.3 is 15.1 Å². The fraction of sp³-hybridized carbons (Fsp3) is 0.462. The third-order valence-electron chi connectivity index (χ3n) is 5.84. The Balaban J connectivity index is 1.70. The molecule has 166 valence electrons. The highest BCUT2D eigenvalue weighted by Crippen LogP contribution is 2.25. The molecule has 2 unspecified atom stereocenters. The van der Waals surface area contributed by atoms with E-state index in [1.54, 1.807) is 4.90 Å². The largest absolute Gasteiger partial charge is 0.378 e. The molecule has 5 nitrogen and oxygen atoms in total. The van der Waals surface area contributed by atoms with Crippen molar-refractivity contribution >= 4 is 17.5 Å². The number of benzene rings is 2. The van der Waals surface area contributed by atoms with E-state index in [2.05, 4.69) is 46.6 Å². The first kappa shape index (κ1) is 22.9. The molecule has 0 fully saturated rings. The quantitative estimate of drug-likeness (QED) is 0.740. The topological polar surface area (TPSA) is 52.7 Å². The summed E-state index contributed by atoms with van der Waals surface area (Å²) in [5, 5.41) is 3.16. The SMILES string of the molecule is CC(C)CC(=O)N1Cc2ccccc2CC1C(=O)NC(C)Cc1ccc(N(C)C)cc1. The van der Waals surface area contributed by atoms with Gasteiger partial charge in [-0.15, -0.1) is 0 Å². The van der Waals surface area contributed by atoms with Gasteiger partial charge in [0, 0.05) is 45.2 Å². The van der Waals surface area contributed by atoms with Gasteiger partial charge in [0.1, 0.15) is 6.04 Å². The average Bonchev–Trinajstić information content (AvgIpc) is 2.72. The molecule has 0 spiro atoms. The molecule has 2 atom stereocenters. The first-order chi connectivity index (χ1) is 14.7. The minimum absolute atomic E-state index is 0.0167. The number of anilines is 1. The fourth-order valence-corrected chi connectivity index (χ4v) is 4.16. The molecule has 1 N–H and O–H groups in total. The van der Waals surface area contributed by atoms with Crippen LogP contribution in [0.1, 0.15) is 43.9 Å². The van der Waals surface area contributed by atoms with E-state index in [-0.39, 0.29) is 23.8 Å². The first-order valence-corrected chi connectivity index (χ1v) is 11.2. The molecule has 0 radical (unpaired) electrons. The van der Waals surface area contributed by atoms with Crippen molar-refractivity contribution in [2.75, 3.05) is 19.0 Å². The number of nitrogens with one attached hydrogen (secondary N) is 1. The Morgan fingerprint density at radius 2 is 1.68 bits per heavy atom. The van der Waals surface area contributed by atoms with Crippen LogP contribution in [-0.4, -0.2) is 42.9 Å². The summed E-state index contributed by atoms with van der Waals surface area (Å²) in [5.74, 6) is 0.248. The number of carbonyl (C=O) groups is 2. The smallest absolute Gasteiger partial charge is 0.243 e. The molecule has 0 bridgehead atoms. The lowest BCUT2D eigenvalue weighted by molar-refractivity contribution is -0.142. The van der Waals surface area contributed by atoms with Crippen LogP contribution in [0.5, 0.6) is 0 Å². The van der Waals surface area contributed by atoms with E-state index in [4.69, 9.17) is 0 Å². The van der Waals surface area contributed by atoms with E-state index in [9.17, 15) is 9.59 Å². The highest BCUT2D eigenvalue weighted by Gasteiger charge is 2.34. The first-order valence-electron chi connectivity index (χ1n) is 11.2. The zero-order valence-electron chi connectivity index (χ0n) is 19.4. The molecule has 2 aromatic rings. The van der Waals surface area contributed by atoms with E-state index >= 15 is 0 Å². The summed E-state index contributed by atoms with van der Waals surface area (Å²) in [4.78, 5) is 30.0. The van der Waals surface area contributed by atoms with Gasteiger partial charge in [-0.3, -0.25) is 9.59 Å². The lowest BCUT2D eigenvalue weighted by Crippen LogP contribution is -2.54. The molecule has 1 aliphatic rings. The lowest BCUT2D eigenvalue weighted by atomic mass is 9.92. The van der Waals surface area contributed by atoms with Crippen molar-refractivity contribution in [3.05, 3.63) is 65.2 Å². The Bertz CT molecular complexity index is 905. The Morgan fingerprint density at radius 1 is 1.03 bits per heavy atom. The van der Waals surface area contributed by atoms with Crippen LogP contribution in [-0.2, 0) is 29.0 Å². The van der Waals surface area contributed by atoms with E-state index in [0.29, 0.717) is 19.4 Å².